The second-order valence-electron chi connectivity index (χ2n) is 4.90. The highest BCUT2D eigenvalue weighted by atomic mass is 19.4. The highest BCUT2D eigenvalue weighted by Crippen LogP contribution is 2.34. The van der Waals surface area contributed by atoms with Crippen LogP contribution in [-0.2, 0) is 6.18 Å². The smallest absolute Gasteiger partial charge is 0.368 e. The van der Waals surface area contributed by atoms with Gasteiger partial charge in [0.15, 0.2) is 0 Å². The summed E-state index contributed by atoms with van der Waals surface area (Å²) >= 11 is 0. The van der Waals surface area contributed by atoms with Crippen LogP contribution in [0.3, 0.4) is 0 Å². The summed E-state index contributed by atoms with van der Waals surface area (Å²) < 4.78 is 64.7. The Kier molecular flexibility index (Phi) is 4.67. The molecule has 0 unspecified atom stereocenters. The Morgan fingerprint density at radius 3 is 2.50 bits per heavy atom. The lowest BCUT2D eigenvalue weighted by Gasteiger charge is -2.19. The maximum Gasteiger partial charge on any atom is 0.416 e. The van der Waals surface area contributed by atoms with Crippen LogP contribution >= 0.6 is 0 Å². The van der Waals surface area contributed by atoms with E-state index in [2.05, 4.69) is 15.5 Å². The van der Waals surface area contributed by atoms with E-state index >= 15 is 0 Å². The van der Waals surface area contributed by atoms with Crippen molar-refractivity contribution in [3.05, 3.63) is 46.7 Å². The molecule has 0 saturated carbocycles. The van der Waals surface area contributed by atoms with Gasteiger partial charge in [0.2, 0.25) is 5.96 Å². The zero-order valence-electron chi connectivity index (χ0n) is 12.2. The molecular formula is C14H12F5N5. The molecule has 0 aromatic heterocycles. The number of guanidine groups is 1. The first kappa shape index (κ1) is 17.6. The van der Waals surface area contributed by atoms with Crippen LogP contribution in [0.2, 0.25) is 0 Å². The molecule has 4 N–H and O–H groups in total. The fourth-order valence-corrected chi connectivity index (χ4v) is 2.04. The van der Waals surface area contributed by atoms with E-state index in [4.69, 9.17) is 11.1 Å². The number of alkyl halides is 5. The minimum absolute atomic E-state index is 0.0606. The fourth-order valence-electron chi connectivity index (χ4n) is 2.04. The van der Waals surface area contributed by atoms with Crippen molar-refractivity contribution in [2.24, 2.45) is 15.9 Å². The van der Waals surface area contributed by atoms with Crippen molar-refractivity contribution < 1.29 is 22.0 Å². The average Bonchev–Trinajstić information content (AvgIpc) is 2.45. The van der Waals surface area contributed by atoms with Crippen molar-refractivity contribution in [2.45, 2.75) is 19.5 Å². The van der Waals surface area contributed by atoms with Crippen LogP contribution in [0, 0.1) is 5.41 Å². The molecule has 10 heteroatoms. The summed E-state index contributed by atoms with van der Waals surface area (Å²) in [7, 11) is 0. The largest absolute Gasteiger partial charge is 0.416 e. The number of benzene rings is 1. The van der Waals surface area contributed by atoms with Crippen molar-refractivity contribution in [3.63, 3.8) is 0 Å². The third-order valence-electron chi connectivity index (χ3n) is 3.01. The topological polar surface area (TPSA) is 86.6 Å². The first-order valence-electron chi connectivity index (χ1n) is 6.54. The summed E-state index contributed by atoms with van der Waals surface area (Å²) in [5, 5.41) is 17.2. The molecule has 0 saturated heterocycles. The molecule has 0 aliphatic carbocycles. The van der Waals surface area contributed by atoms with Crippen LogP contribution in [0.5, 0.6) is 0 Å². The van der Waals surface area contributed by atoms with Gasteiger partial charge in [0.25, 0.3) is 6.43 Å². The molecule has 0 fully saturated rings. The summed E-state index contributed by atoms with van der Waals surface area (Å²) in [5.41, 5.74) is 3.22. The maximum absolute atomic E-state index is 13.3. The Morgan fingerprint density at radius 1 is 1.29 bits per heavy atom. The quantitative estimate of drug-likeness (QED) is 0.580. The summed E-state index contributed by atoms with van der Waals surface area (Å²) in [4.78, 5) is 0. The minimum Gasteiger partial charge on any atom is -0.368 e. The van der Waals surface area contributed by atoms with Gasteiger partial charge in [-0.1, -0.05) is 6.07 Å². The third-order valence-corrected chi connectivity index (χ3v) is 3.01. The molecule has 1 aromatic carbocycles. The Morgan fingerprint density at radius 2 is 1.96 bits per heavy atom. The van der Waals surface area contributed by atoms with E-state index in [-0.39, 0.29) is 28.6 Å². The number of rotatable bonds is 3. The fraction of sp³-hybridized carbons (Fsp3) is 0.214. The van der Waals surface area contributed by atoms with Gasteiger partial charge in [-0.3, -0.25) is 0 Å². The third kappa shape index (κ3) is 3.76. The van der Waals surface area contributed by atoms with E-state index in [1.807, 2.05) is 0 Å². The van der Waals surface area contributed by atoms with E-state index in [0.717, 1.165) is 6.07 Å². The Bertz CT molecular complexity index is 761. The summed E-state index contributed by atoms with van der Waals surface area (Å²) in [6.07, 6.45) is -6.65. The SMILES string of the molecule is CC(=N)/C=C1\NC(N)=NN=C1c1ccc(C(F)(F)F)cc1C(F)F. The molecule has 0 radical (unpaired) electrons. The van der Waals surface area contributed by atoms with Gasteiger partial charge >= 0.3 is 6.18 Å². The molecule has 0 amide bonds. The summed E-state index contributed by atoms with van der Waals surface area (Å²) in [6, 6.07) is 1.95. The first-order valence-corrected chi connectivity index (χ1v) is 6.54. The van der Waals surface area contributed by atoms with Gasteiger partial charge < -0.3 is 16.5 Å². The van der Waals surface area contributed by atoms with Gasteiger partial charge in [-0.2, -0.15) is 13.2 Å². The second kappa shape index (κ2) is 6.38. The highest BCUT2D eigenvalue weighted by Gasteiger charge is 2.33. The lowest BCUT2D eigenvalue weighted by atomic mass is 9.97. The number of allylic oxidation sites excluding steroid dienone is 2. The lowest BCUT2D eigenvalue weighted by Crippen LogP contribution is -2.37. The highest BCUT2D eigenvalue weighted by molar-refractivity contribution is 6.18. The van der Waals surface area contributed by atoms with Crippen LogP contribution in [0.1, 0.15) is 30.0 Å². The molecule has 0 bridgehead atoms. The number of nitrogens with two attached hydrogens (primary N) is 1. The Hall–Kier alpha value is -2.78. The Balaban J connectivity index is 2.63. The number of nitrogens with one attached hydrogen (secondary N) is 2. The van der Waals surface area contributed by atoms with Gasteiger partial charge in [-0.25, -0.2) is 8.78 Å². The Labute approximate surface area is 133 Å². The monoisotopic (exact) mass is 345 g/mol. The maximum atomic E-state index is 13.3. The molecule has 128 valence electrons. The van der Waals surface area contributed by atoms with Gasteiger partial charge in [-0.15, -0.1) is 10.2 Å². The molecule has 1 heterocycles. The molecule has 0 atom stereocenters. The van der Waals surface area contributed by atoms with E-state index in [1.165, 1.54) is 13.0 Å². The van der Waals surface area contributed by atoms with E-state index in [0.29, 0.717) is 12.1 Å². The van der Waals surface area contributed by atoms with Gasteiger partial charge in [0.1, 0.15) is 5.71 Å². The standard InChI is InChI=1S/C14H12F5N5/c1-6(20)4-10-11(23-24-13(21)22-10)8-3-2-7(14(17,18)19)5-9(8)12(15)16/h2-5,12,20H,1H3,(H3,21,22,24)/b10-4-,20-6?. The average molecular weight is 345 g/mol. The minimum atomic E-state index is -4.75. The molecule has 5 nitrogen and oxygen atoms in total. The van der Waals surface area contributed by atoms with Gasteiger partial charge in [-0.05, 0) is 25.1 Å². The molecular weight excluding hydrogens is 333 g/mol. The van der Waals surface area contributed by atoms with E-state index in [1.54, 1.807) is 0 Å². The molecule has 24 heavy (non-hydrogen) atoms. The predicted octanol–water partition coefficient (Wildman–Crippen LogP) is 3.19. The molecule has 1 aliphatic heterocycles. The van der Waals surface area contributed by atoms with Crippen molar-refractivity contribution in [3.8, 4) is 0 Å². The van der Waals surface area contributed by atoms with Gasteiger partial charge in [0, 0.05) is 16.8 Å². The van der Waals surface area contributed by atoms with Crippen LogP contribution < -0.4 is 11.1 Å². The number of halogens is 5. The van der Waals surface area contributed by atoms with Crippen LogP contribution in [0.25, 0.3) is 0 Å². The second-order valence-corrected chi connectivity index (χ2v) is 4.90. The first-order chi connectivity index (χ1) is 11.1. The van der Waals surface area contributed by atoms with Crippen molar-refractivity contribution in [2.75, 3.05) is 0 Å². The van der Waals surface area contributed by atoms with E-state index in [9.17, 15) is 22.0 Å². The van der Waals surface area contributed by atoms with Crippen molar-refractivity contribution >= 4 is 17.4 Å². The summed E-state index contributed by atoms with van der Waals surface area (Å²) in [5.74, 6) is -0.128. The number of nitrogens with zero attached hydrogens (tertiary/aromatic N) is 2. The predicted molar refractivity (Wildman–Crippen MR) is 79.2 cm³/mol. The van der Waals surface area contributed by atoms with Crippen molar-refractivity contribution in [1.29, 1.82) is 5.41 Å². The van der Waals surface area contributed by atoms with Gasteiger partial charge in [0.05, 0.1) is 11.3 Å². The molecule has 0 spiro atoms. The zero-order valence-corrected chi connectivity index (χ0v) is 12.2. The zero-order chi connectivity index (χ0) is 18.1. The molecule has 2 rings (SSSR count). The summed E-state index contributed by atoms with van der Waals surface area (Å²) in [6.45, 7) is 1.43. The van der Waals surface area contributed by atoms with E-state index < -0.39 is 23.7 Å². The van der Waals surface area contributed by atoms with Crippen LogP contribution in [-0.4, -0.2) is 17.4 Å². The number of hydrogen-bond acceptors (Lipinski definition) is 5. The lowest BCUT2D eigenvalue weighted by molar-refractivity contribution is -0.137. The normalized spacial score (nSPS) is 16.7. The molecule has 1 aliphatic rings. The van der Waals surface area contributed by atoms with Crippen LogP contribution in [0.15, 0.2) is 40.2 Å². The van der Waals surface area contributed by atoms with Crippen LogP contribution in [0.4, 0.5) is 22.0 Å². The van der Waals surface area contributed by atoms with Crippen molar-refractivity contribution in [1.82, 2.24) is 5.32 Å². The number of hydrogen-bond donors (Lipinski definition) is 3. The molecule has 1 aromatic rings.